The molecule has 0 saturated heterocycles. The average molecular weight is 184 g/mol. The molecule has 0 spiro atoms. The normalized spacial score (nSPS) is 21.2. The van der Waals surface area contributed by atoms with Gasteiger partial charge in [-0.15, -0.1) is 0 Å². The van der Waals surface area contributed by atoms with E-state index in [2.05, 4.69) is 0 Å². The first-order chi connectivity index (χ1) is 6.12. The van der Waals surface area contributed by atoms with Gasteiger partial charge < -0.3 is 4.74 Å². The Morgan fingerprint density at radius 3 is 2.46 bits per heavy atom. The van der Waals surface area contributed by atoms with Crippen molar-refractivity contribution in [3.8, 4) is 0 Å². The van der Waals surface area contributed by atoms with Crippen LogP contribution < -0.4 is 0 Å². The molecule has 2 nitrogen and oxygen atoms in total. The van der Waals surface area contributed by atoms with Crippen molar-refractivity contribution in [2.45, 2.75) is 52.1 Å². The van der Waals surface area contributed by atoms with Crippen LogP contribution in [-0.4, -0.2) is 18.0 Å². The molecule has 0 N–H and O–H groups in total. The van der Waals surface area contributed by atoms with E-state index in [1.54, 1.807) is 0 Å². The zero-order valence-corrected chi connectivity index (χ0v) is 8.93. The molecule has 1 unspecified atom stereocenters. The minimum Gasteiger partial charge on any atom is -0.368 e. The number of carbonyl (C=O) groups is 1. The first-order valence-electron chi connectivity index (χ1n) is 5.29. The Labute approximate surface area is 80.7 Å². The molecular weight excluding hydrogens is 164 g/mol. The summed E-state index contributed by atoms with van der Waals surface area (Å²) in [4.78, 5) is 11.8. The predicted octanol–water partition coefficient (Wildman–Crippen LogP) is 2.56. The molecule has 1 atom stereocenters. The lowest BCUT2D eigenvalue weighted by atomic mass is 9.93. The maximum absolute atomic E-state index is 11.8. The number of hydrogen-bond acceptors (Lipinski definition) is 2. The van der Waals surface area contributed by atoms with Gasteiger partial charge in [-0.05, 0) is 39.0 Å². The maximum Gasteiger partial charge on any atom is 0.164 e. The third-order valence-electron chi connectivity index (χ3n) is 2.90. The Bertz CT molecular complexity index is 185. The summed E-state index contributed by atoms with van der Waals surface area (Å²) in [5.41, 5.74) is -0.517. The van der Waals surface area contributed by atoms with Gasteiger partial charge in [-0.2, -0.15) is 0 Å². The van der Waals surface area contributed by atoms with Gasteiger partial charge in [0.1, 0.15) is 5.60 Å². The van der Waals surface area contributed by atoms with Gasteiger partial charge in [0.05, 0.1) is 0 Å². The molecule has 0 radical (unpaired) electrons. The standard InChI is InChI=1S/C11H20O2/c1-4-11(3,13-5-2)10(12)8-9-6-7-9/h9H,4-8H2,1-3H3. The van der Waals surface area contributed by atoms with Gasteiger partial charge >= 0.3 is 0 Å². The molecular formula is C11H20O2. The summed E-state index contributed by atoms with van der Waals surface area (Å²) in [5, 5.41) is 0. The predicted molar refractivity (Wildman–Crippen MR) is 52.7 cm³/mol. The van der Waals surface area contributed by atoms with Crippen molar-refractivity contribution < 1.29 is 9.53 Å². The zero-order valence-electron chi connectivity index (χ0n) is 8.93. The summed E-state index contributed by atoms with van der Waals surface area (Å²) in [5.74, 6) is 0.957. The summed E-state index contributed by atoms with van der Waals surface area (Å²) >= 11 is 0. The van der Waals surface area contributed by atoms with E-state index < -0.39 is 5.60 Å². The van der Waals surface area contributed by atoms with Crippen molar-refractivity contribution in [1.82, 2.24) is 0 Å². The van der Waals surface area contributed by atoms with Crippen molar-refractivity contribution >= 4 is 5.78 Å². The van der Waals surface area contributed by atoms with Crippen LogP contribution in [0.15, 0.2) is 0 Å². The second-order valence-corrected chi connectivity index (χ2v) is 4.09. The van der Waals surface area contributed by atoms with Crippen LogP contribution >= 0.6 is 0 Å². The van der Waals surface area contributed by atoms with E-state index in [0.29, 0.717) is 18.3 Å². The fraction of sp³-hybridized carbons (Fsp3) is 0.909. The quantitative estimate of drug-likeness (QED) is 0.634. The van der Waals surface area contributed by atoms with Crippen molar-refractivity contribution in [2.24, 2.45) is 5.92 Å². The molecule has 0 amide bonds. The molecule has 0 aliphatic heterocycles. The molecule has 0 aromatic carbocycles. The molecule has 0 aromatic rings. The highest BCUT2D eigenvalue weighted by Gasteiger charge is 2.35. The lowest BCUT2D eigenvalue weighted by Gasteiger charge is -2.26. The molecule has 1 fully saturated rings. The topological polar surface area (TPSA) is 26.3 Å². The first-order valence-corrected chi connectivity index (χ1v) is 5.29. The van der Waals surface area contributed by atoms with Gasteiger partial charge in [-0.25, -0.2) is 0 Å². The molecule has 1 aliphatic carbocycles. The molecule has 1 aliphatic rings. The molecule has 0 aromatic heterocycles. The maximum atomic E-state index is 11.8. The molecule has 1 rings (SSSR count). The van der Waals surface area contributed by atoms with Crippen LogP contribution in [0, 0.1) is 5.92 Å². The van der Waals surface area contributed by atoms with E-state index in [9.17, 15) is 4.79 Å². The molecule has 2 heteroatoms. The molecule has 13 heavy (non-hydrogen) atoms. The third kappa shape index (κ3) is 2.80. The van der Waals surface area contributed by atoms with E-state index in [0.717, 1.165) is 12.8 Å². The fourth-order valence-corrected chi connectivity index (χ4v) is 1.50. The van der Waals surface area contributed by atoms with Crippen molar-refractivity contribution in [1.29, 1.82) is 0 Å². The fourth-order valence-electron chi connectivity index (χ4n) is 1.50. The highest BCUT2D eigenvalue weighted by molar-refractivity contribution is 5.87. The summed E-state index contributed by atoms with van der Waals surface area (Å²) in [6.07, 6.45) is 3.98. The van der Waals surface area contributed by atoms with Crippen LogP contribution in [0.1, 0.15) is 46.5 Å². The van der Waals surface area contributed by atoms with Crippen molar-refractivity contribution in [2.75, 3.05) is 6.61 Å². The number of ether oxygens (including phenoxy) is 1. The van der Waals surface area contributed by atoms with E-state index in [-0.39, 0.29) is 0 Å². The number of hydrogen-bond donors (Lipinski definition) is 0. The van der Waals surface area contributed by atoms with Crippen LogP contribution in [0.4, 0.5) is 0 Å². The zero-order chi connectivity index (χ0) is 9.90. The second-order valence-electron chi connectivity index (χ2n) is 4.09. The number of ketones is 1. The van der Waals surface area contributed by atoms with Crippen LogP contribution in [0.5, 0.6) is 0 Å². The van der Waals surface area contributed by atoms with E-state index in [4.69, 9.17) is 4.74 Å². The van der Waals surface area contributed by atoms with Crippen LogP contribution in [-0.2, 0) is 9.53 Å². The summed E-state index contributed by atoms with van der Waals surface area (Å²) in [6.45, 7) is 6.50. The molecule has 0 bridgehead atoms. The van der Waals surface area contributed by atoms with Crippen molar-refractivity contribution in [3.05, 3.63) is 0 Å². The number of rotatable bonds is 6. The van der Waals surface area contributed by atoms with Gasteiger partial charge in [-0.3, -0.25) is 4.79 Å². The molecule has 0 heterocycles. The summed E-state index contributed by atoms with van der Waals surface area (Å²) in [6, 6.07) is 0. The third-order valence-corrected chi connectivity index (χ3v) is 2.90. The molecule has 1 saturated carbocycles. The van der Waals surface area contributed by atoms with Gasteiger partial charge in [0, 0.05) is 13.0 Å². The van der Waals surface area contributed by atoms with Crippen LogP contribution in [0.25, 0.3) is 0 Å². The van der Waals surface area contributed by atoms with E-state index in [1.165, 1.54) is 12.8 Å². The Hall–Kier alpha value is -0.370. The van der Waals surface area contributed by atoms with Gasteiger partial charge in [0.25, 0.3) is 0 Å². The Morgan fingerprint density at radius 1 is 1.46 bits per heavy atom. The van der Waals surface area contributed by atoms with Crippen molar-refractivity contribution in [3.63, 3.8) is 0 Å². The van der Waals surface area contributed by atoms with E-state index in [1.807, 2.05) is 20.8 Å². The highest BCUT2D eigenvalue weighted by atomic mass is 16.5. The smallest absolute Gasteiger partial charge is 0.164 e. The SMILES string of the molecule is CCOC(C)(CC)C(=O)CC1CC1. The van der Waals surface area contributed by atoms with Gasteiger partial charge in [0.15, 0.2) is 5.78 Å². The second kappa shape index (κ2) is 4.23. The monoisotopic (exact) mass is 184 g/mol. The van der Waals surface area contributed by atoms with Gasteiger partial charge in [0.2, 0.25) is 0 Å². The van der Waals surface area contributed by atoms with Gasteiger partial charge in [-0.1, -0.05) is 6.92 Å². The lowest BCUT2D eigenvalue weighted by molar-refractivity contribution is -0.142. The number of carbonyl (C=O) groups excluding carboxylic acids is 1. The van der Waals surface area contributed by atoms with E-state index >= 15 is 0 Å². The number of Topliss-reactive ketones (excluding diaryl/α,β-unsaturated/α-hetero) is 1. The Balaban J connectivity index is 2.46. The average Bonchev–Trinajstić information content (AvgIpc) is 2.88. The van der Waals surface area contributed by atoms with Crippen LogP contribution in [0.3, 0.4) is 0 Å². The first kappa shape index (κ1) is 10.7. The highest BCUT2D eigenvalue weighted by Crippen LogP contribution is 2.35. The van der Waals surface area contributed by atoms with Crippen LogP contribution in [0.2, 0.25) is 0 Å². The minimum absolute atomic E-state index is 0.291. The lowest BCUT2D eigenvalue weighted by Crippen LogP contribution is -2.38. The summed E-state index contributed by atoms with van der Waals surface area (Å²) in [7, 11) is 0. The molecule has 76 valence electrons. The summed E-state index contributed by atoms with van der Waals surface area (Å²) < 4.78 is 5.52. The Kier molecular flexibility index (Phi) is 3.48. The largest absolute Gasteiger partial charge is 0.368 e. The Morgan fingerprint density at radius 2 is 2.08 bits per heavy atom. The minimum atomic E-state index is -0.517.